The second kappa shape index (κ2) is 7.31. The van der Waals surface area contributed by atoms with Crippen molar-refractivity contribution >= 4 is 21.8 Å². The van der Waals surface area contributed by atoms with Crippen molar-refractivity contribution in [1.82, 2.24) is 10.5 Å². The summed E-state index contributed by atoms with van der Waals surface area (Å²) >= 11 is 3.41. The summed E-state index contributed by atoms with van der Waals surface area (Å²) in [5.41, 5.74) is 2.39. The standard InChI is InChI=1S/C18H15BrN2O3/c1-23-16-8-7-14(19)9-13(16)11-20-18(22)17-10-15(21-24-17)12-5-3-2-4-6-12/h2-10H,11H2,1H3,(H,20,22). The zero-order valence-electron chi connectivity index (χ0n) is 13.0. The maximum atomic E-state index is 12.2. The highest BCUT2D eigenvalue weighted by atomic mass is 79.9. The van der Waals surface area contributed by atoms with Crippen LogP contribution in [-0.4, -0.2) is 18.2 Å². The maximum absolute atomic E-state index is 12.2. The van der Waals surface area contributed by atoms with Gasteiger partial charge in [-0.3, -0.25) is 4.79 Å². The van der Waals surface area contributed by atoms with Gasteiger partial charge in [0.15, 0.2) is 0 Å². The van der Waals surface area contributed by atoms with E-state index < -0.39 is 0 Å². The molecular formula is C18H15BrN2O3. The number of aromatic nitrogens is 1. The molecule has 1 amide bonds. The maximum Gasteiger partial charge on any atom is 0.290 e. The van der Waals surface area contributed by atoms with Gasteiger partial charge in [0.25, 0.3) is 5.91 Å². The van der Waals surface area contributed by atoms with Crippen LogP contribution in [-0.2, 0) is 6.54 Å². The summed E-state index contributed by atoms with van der Waals surface area (Å²) in [6, 6.07) is 16.8. The molecule has 0 saturated heterocycles. The van der Waals surface area contributed by atoms with Crippen molar-refractivity contribution in [3.8, 4) is 17.0 Å². The Balaban J connectivity index is 1.70. The monoisotopic (exact) mass is 386 g/mol. The Morgan fingerprint density at radius 1 is 1.21 bits per heavy atom. The first-order valence-electron chi connectivity index (χ1n) is 7.30. The minimum absolute atomic E-state index is 0.169. The van der Waals surface area contributed by atoms with Gasteiger partial charge in [-0.15, -0.1) is 0 Å². The third kappa shape index (κ3) is 3.65. The summed E-state index contributed by atoms with van der Waals surface area (Å²) in [7, 11) is 1.59. The van der Waals surface area contributed by atoms with Crippen molar-refractivity contribution in [3.63, 3.8) is 0 Å². The molecule has 0 aliphatic heterocycles. The number of nitrogens with zero attached hydrogens (tertiary/aromatic N) is 1. The van der Waals surface area contributed by atoms with Crippen LogP contribution in [0.25, 0.3) is 11.3 Å². The number of carbonyl (C=O) groups excluding carboxylic acids is 1. The van der Waals surface area contributed by atoms with E-state index in [9.17, 15) is 4.79 Å². The number of hydrogen-bond donors (Lipinski definition) is 1. The van der Waals surface area contributed by atoms with E-state index in [-0.39, 0.29) is 11.7 Å². The van der Waals surface area contributed by atoms with Gasteiger partial charge in [0.1, 0.15) is 11.4 Å². The van der Waals surface area contributed by atoms with Gasteiger partial charge >= 0.3 is 0 Å². The number of carbonyl (C=O) groups is 1. The number of hydrogen-bond acceptors (Lipinski definition) is 4. The Hall–Kier alpha value is -2.60. The van der Waals surface area contributed by atoms with E-state index in [2.05, 4.69) is 26.4 Å². The lowest BCUT2D eigenvalue weighted by Crippen LogP contribution is -2.22. The molecule has 5 nitrogen and oxygen atoms in total. The highest BCUT2D eigenvalue weighted by Gasteiger charge is 2.14. The molecule has 0 aliphatic carbocycles. The van der Waals surface area contributed by atoms with E-state index in [1.54, 1.807) is 13.2 Å². The molecule has 3 rings (SSSR count). The second-order valence-corrected chi connectivity index (χ2v) is 6.00. The zero-order chi connectivity index (χ0) is 16.9. The normalized spacial score (nSPS) is 10.4. The molecule has 0 fully saturated rings. The van der Waals surface area contributed by atoms with Gasteiger partial charge < -0.3 is 14.6 Å². The Bertz CT molecular complexity index is 846. The smallest absolute Gasteiger partial charge is 0.290 e. The van der Waals surface area contributed by atoms with E-state index in [0.717, 1.165) is 15.6 Å². The highest BCUT2D eigenvalue weighted by molar-refractivity contribution is 9.10. The summed E-state index contributed by atoms with van der Waals surface area (Å²) in [5.74, 6) is 0.551. The fraction of sp³-hybridized carbons (Fsp3) is 0.111. The van der Waals surface area contributed by atoms with Crippen molar-refractivity contribution in [3.05, 3.63) is 70.4 Å². The van der Waals surface area contributed by atoms with Gasteiger partial charge in [-0.2, -0.15) is 0 Å². The number of methoxy groups -OCH3 is 1. The van der Waals surface area contributed by atoms with Crippen LogP contribution >= 0.6 is 15.9 Å². The highest BCUT2D eigenvalue weighted by Crippen LogP contribution is 2.23. The first-order valence-corrected chi connectivity index (χ1v) is 8.09. The number of halogens is 1. The van der Waals surface area contributed by atoms with Crippen LogP contribution in [0.1, 0.15) is 16.1 Å². The summed E-state index contributed by atoms with van der Waals surface area (Å²) in [4.78, 5) is 12.2. The lowest BCUT2D eigenvalue weighted by Gasteiger charge is -2.09. The average Bonchev–Trinajstić information content (AvgIpc) is 3.11. The quantitative estimate of drug-likeness (QED) is 0.718. The molecule has 1 heterocycles. The third-order valence-corrected chi connectivity index (χ3v) is 3.98. The molecule has 0 spiro atoms. The van der Waals surface area contributed by atoms with Crippen LogP contribution in [0.4, 0.5) is 0 Å². The Kier molecular flexibility index (Phi) is 4.96. The lowest BCUT2D eigenvalue weighted by atomic mass is 10.1. The van der Waals surface area contributed by atoms with Crippen molar-refractivity contribution < 1.29 is 14.1 Å². The van der Waals surface area contributed by atoms with Crippen LogP contribution in [0.3, 0.4) is 0 Å². The number of nitrogens with one attached hydrogen (secondary N) is 1. The average molecular weight is 387 g/mol. The van der Waals surface area contributed by atoms with Gasteiger partial charge in [0, 0.05) is 28.2 Å². The van der Waals surface area contributed by atoms with Crippen molar-refractivity contribution in [2.45, 2.75) is 6.54 Å². The van der Waals surface area contributed by atoms with E-state index >= 15 is 0 Å². The van der Waals surface area contributed by atoms with E-state index in [0.29, 0.717) is 18.0 Å². The van der Waals surface area contributed by atoms with Gasteiger partial charge in [-0.05, 0) is 18.2 Å². The summed E-state index contributed by atoms with van der Waals surface area (Å²) in [6.07, 6.45) is 0. The molecule has 122 valence electrons. The Morgan fingerprint density at radius 2 is 2.00 bits per heavy atom. The topological polar surface area (TPSA) is 64.4 Å². The Morgan fingerprint density at radius 3 is 2.75 bits per heavy atom. The van der Waals surface area contributed by atoms with Crippen LogP contribution in [0.2, 0.25) is 0 Å². The molecule has 2 aromatic carbocycles. The van der Waals surface area contributed by atoms with Crippen LogP contribution < -0.4 is 10.1 Å². The molecule has 3 aromatic rings. The second-order valence-electron chi connectivity index (χ2n) is 5.08. The van der Waals surface area contributed by atoms with Crippen LogP contribution in [0.15, 0.2) is 63.6 Å². The zero-order valence-corrected chi connectivity index (χ0v) is 14.5. The first-order chi connectivity index (χ1) is 11.7. The SMILES string of the molecule is COc1ccc(Br)cc1CNC(=O)c1cc(-c2ccccc2)no1. The summed E-state index contributed by atoms with van der Waals surface area (Å²) in [6.45, 7) is 0.322. The van der Waals surface area contributed by atoms with Crippen molar-refractivity contribution in [2.75, 3.05) is 7.11 Å². The molecular weight excluding hydrogens is 372 g/mol. The van der Waals surface area contributed by atoms with Gasteiger partial charge in [-0.1, -0.05) is 51.4 Å². The molecule has 6 heteroatoms. The lowest BCUT2D eigenvalue weighted by molar-refractivity contribution is 0.0914. The number of benzene rings is 2. The van der Waals surface area contributed by atoms with Gasteiger partial charge in [0.05, 0.1) is 7.11 Å². The molecule has 1 aromatic heterocycles. The van der Waals surface area contributed by atoms with E-state index in [1.807, 2.05) is 48.5 Å². The van der Waals surface area contributed by atoms with Gasteiger partial charge in [-0.25, -0.2) is 0 Å². The predicted molar refractivity (Wildman–Crippen MR) is 93.8 cm³/mol. The number of amides is 1. The molecule has 0 radical (unpaired) electrons. The van der Waals surface area contributed by atoms with Crippen LogP contribution in [0, 0.1) is 0 Å². The van der Waals surface area contributed by atoms with Crippen LogP contribution in [0.5, 0.6) is 5.75 Å². The minimum atomic E-state index is -0.327. The molecule has 0 bridgehead atoms. The number of ether oxygens (including phenoxy) is 1. The summed E-state index contributed by atoms with van der Waals surface area (Å²) < 4.78 is 11.4. The minimum Gasteiger partial charge on any atom is -0.496 e. The molecule has 0 atom stereocenters. The molecule has 1 N–H and O–H groups in total. The largest absolute Gasteiger partial charge is 0.496 e. The Labute approximate surface area is 147 Å². The summed E-state index contributed by atoms with van der Waals surface area (Å²) in [5, 5.41) is 6.75. The molecule has 0 aliphatic rings. The first kappa shape index (κ1) is 16.3. The predicted octanol–water partition coefficient (Wildman–Crippen LogP) is 4.04. The van der Waals surface area contributed by atoms with E-state index in [1.165, 1.54) is 0 Å². The molecule has 0 unspecified atom stereocenters. The van der Waals surface area contributed by atoms with Crippen molar-refractivity contribution in [2.24, 2.45) is 0 Å². The number of rotatable bonds is 5. The molecule has 0 saturated carbocycles. The third-order valence-electron chi connectivity index (χ3n) is 3.49. The fourth-order valence-corrected chi connectivity index (χ4v) is 2.68. The fourth-order valence-electron chi connectivity index (χ4n) is 2.28. The molecule has 24 heavy (non-hydrogen) atoms. The van der Waals surface area contributed by atoms with Gasteiger partial charge in [0.2, 0.25) is 5.76 Å². The van der Waals surface area contributed by atoms with E-state index in [4.69, 9.17) is 9.26 Å². The van der Waals surface area contributed by atoms with Crippen molar-refractivity contribution in [1.29, 1.82) is 0 Å².